The number of benzene rings is 2. The molecule has 2 saturated carbocycles. The van der Waals surface area contributed by atoms with Gasteiger partial charge in [-0.15, -0.1) is 0 Å². The summed E-state index contributed by atoms with van der Waals surface area (Å²) in [6, 6.07) is 12.9. The first-order valence-corrected chi connectivity index (χ1v) is 14.9. The van der Waals surface area contributed by atoms with E-state index in [4.69, 9.17) is 9.73 Å². The number of nitrogens with zero attached hydrogens (tertiary/aromatic N) is 2. The Labute approximate surface area is 230 Å². The number of carbonyl (C=O) groups is 1. The molecule has 190 valence electrons. The summed E-state index contributed by atoms with van der Waals surface area (Å²) < 4.78 is 20.1. The summed E-state index contributed by atoms with van der Waals surface area (Å²) in [6.07, 6.45) is 13.8. The summed E-state index contributed by atoms with van der Waals surface area (Å²) in [5, 5.41) is 0.916. The van der Waals surface area contributed by atoms with E-state index >= 15 is 0 Å². The number of halogens is 2. The molecule has 2 aromatic carbocycles. The van der Waals surface area contributed by atoms with Crippen LogP contribution in [-0.4, -0.2) is 28.1 Å². The highest BCUT2D eigenvalue weighted by Gasteiger charge is 2.39. The maximum absolute atomic E-state index is 13.6. The molecule has 1 saturated heterocycles. The number of aliphatic imine (C=N–C) groups is 1. The van der Waals surface area contributed by atoms with Crippen molar-refractivity contribution in [2.45, 2.75) is 82.9 Å². The van der Waals surface area contributed by atoms with Crippen LogP contribution in [0.3, 0.4) is 0 Å². The van der Waals surface area contributed by atoms with Crippen LogP contribution in [-0.2, 0) is 11.4 Å². The largest absolute Gasteiger partial charge is 0.488 e. The minimum atomic E-state index is -0.251. The standard InChI is InChI=1S/C29H32FIN2O2S/c30-22-14-11-20(12-15-22)19-35-26-16-13-21(17-25(26)31)18-27-28(34)33(24-9-5-2-6-10-24)29(36-27)32-23-7-3-1-4-8-23/h11-18,23-24H,1-10,19H2. The maximum Gasteiger partial charge on any atom is 0.266 e. The van der Waals surface area contributed by atoms with Crippen LogP contribution in [0, 0.1) is 9.39 Å². The van der Waals surface area contributed by atoms with E-state index in [9.17, 15) is 9.18 Å². The molecular weight excluding hydrogens is 586 g/mol. The summed E-state index contributed by atoms with van der Waals surface area (Å²) >= 11 is 3.82. The minimum absolute atomic E-state index is 0.105. The molecule has 2 aliphatic carbocycles. The van der Waals surface area contributed by atoms with E-state index in [0.717, 1.165) is 56.2 Å². The summed E-state index contributed by atoms with van der Waals surface area (Å²) in [5.74, 6) is 0.628. The van der Waals surface area contributed by atoms with Gasteiger partial charge in [0.1, 0.15) is 18.2 Å². The van der Waals surface area contributed by atoms with Gasteiger partial charge in [0.05, 0.1) is 14.5 Å². The molecular formula is C29H32FIN2O2S. The topological polar surface area (TPSA) is 41.9 Å². The molecule has 0 aromatic heterocycles. The molecule has 2 aromatic rings. The third-order valence-electron chi connectivity index (χ3n) is 7.21. The van der Waals surface area contributed by atoms with Crippen molar-refractivity contribution in [3.8, 4) is 5.75 Å². The second-order valence-electron chi connectivity index (χ2n) is 9.89. The van der Waals surface area contributed by atoms with E-state index in [-0.39, 0.29) is 17.8 Å². The van der Waals surface area contributed by atoms with Crippen molar-refractivity contribution in [2.75, 3.05) is 0 Å². The molecule has 0 radical (unpaired) electrons. The van der Waals surface area contributed by atoms with Crippen LogP contribution in [0.2, 0.25) is 0 Å². The Balaban J connectivity index is 1.33. The van der Waals surface area contributed by atoms with Gasteiger partial charge in [-0.2, -0.15) is 0 Å². The Morgan fingerprint density at radius 2 is 1.69 bits per heavy atom. The van der Waals surface area contributed by atoms with Gasteiger partial charge < -0.3 is 4.74 Å². The lowest BCUT2D eigenvalue weighted by atomic mass is 9.94. The Morgan fingerprint density at radius 3 is 2.39 bits per heavy atom. The maximum atomic E-state index is 13.6. The van der Waals surface area contributed by atoms with Gasteiger partial charge in [0.2, 0.25) is 0 Å². The number of hydrogen-bond donors (Lipinski definition) is 0. The minimum Gasteiger partial charge on any atom is -0.488 e. The van der Waals surface area contributed by atoms with E-state index < -0.39 is 0 Å². The third-order valence-corrected chi connectivity index (χ3v) is 9.05. The quantitative estimate of drug-likeness (QED) is 0.244. The van der Waals surface area contributed by atoms with Crippen molar-refractivity contribution in [3.63, 3.8) is 0 Å². The number of amides is 1. The number of hydrogen-bond acceptors (Lipinski definition) is 4. The molecule has 3 fully saturated rings. The van der Waals surface area contributed by atoms with Crippen molar-refractivity contribution in [2.24, 2.45) is 4.99 Å². The molecule has 36 heavy (non-hydrogen) atoms. The molecule has 7 heteroatoms. The van der Waals surface area contributed by atoms with Crippen molar-refractivity contribution in [3.05, 3.63) is 67.9 Å². The van der Waals surface area contributed by atoms with Gasteiger partial charge in [-0.1, -0.05) is 56.7 Å². The van der Waals surface area contributed by atoms with Gasteiger partial charge >= 0.3 is 0 Å². The number of amidine groups is 1. The zero-order valence-electron chi connectivity index (χ0n) is 20.4. The van der Waals surface area contributed by atoms with E-state index in [1.54, 1.807) is 23.9 Å². The smallest absolute Gasteiger partial charge is 0.266 e. The Bertz CT molecular complexity index is 1140. The Kier molecular flexibility index (Phi) is 8.67. The van der Waals surface area contributed by atoms with Crippen molar-refractivity contribution < 1.29 is 13.9 Å². The van der Waals surface area contributed by atoms with Crippen LogP contribution in [0.1, 0.15) is 75.3 Å². The van der Waals surface area contributed by atoms with Gasteiger partial charge in [-0.05, 0) is 102 Å². The molecule has 1 amide bonds. The van der Waals surface area contributed by atoms with Crippen LogP contribution in [0.25, 0.3) is 6.08 Å². The summed E-state index contributed by atoms with van der Waals surface area (Å²) in [5.41, 5.74) is 1.89. The average Bonchev–Trinajstić information content (AvgIpc) is 3.19. The highest BCUT2D eigenvalue weighted by Crippen LogP contribution is 2.39. The number of ether oxygens (including phenoxy) is 1. The highest BCUT2D eigenvalue weighted by atomic mass is 127. The van der Waals surface area contributed by atoms with Gasteiger partial charge in [-0.3, -0.25) is 14.7 Å². The van der Waals surface area contributed by atoms with Gasteiger partial charge in [0.15, 0.2) is 5.17 Å². The lowest BCUT2D eigenvalue weighted by Gasteiger charge is -2.31. The molecule has 0 atom stereocenters. The molecule has 3 aliphatic rings. The number of rotatable bonds is 6. The van der Waals surface area contributed by atoms with Crippen molar-refractivity contribution in [1.29, 1.82) is 0 Å². The summed E-state index contributed by atoms with van der Waals surface area (Å²) in [7, 11) is 0. The van der Waals surface area contributed by atoms with Crippen molar-refractivity contribution in [1.82, 2.24) is 4.90 Å². The molecule has 4 nitrogen and oxygen atoms in total. The van der Waals surface area contributed by atoms with Crippen LogP contribution < -0.4 is 4.74 Å². The first-order chi connectivity index (χ1) is 17.6. The SMILES string of the molecule is O=C1C(=Cc2ccc(OCc3ccc(F)cc3)c(I)c2)SC(=NC2CCCCC2)N1C1CCCCC1. The second kappa shape index (κ2) is 12.1. The molecule has 0 bridgehead atoms. The van der Waals surface area contributed by atoms with Crippen molar-refractivity contribution >= 4 is 51.5 Å². The van der Waals surface area contributed by atoms with Crippen LogP contribution in [0.15, 0.2) is 52.4 Å². The molecule has 0 spiro atoms. The fraction of sp³-hybridized carbons (Fsp3) is 0.448. The highest BCUT2D eigenvalue weighted by molar-refractivity contribution is 14.1. The fourth-order valence-corrected chi connectivity index (χ4v) is 7.03. The fourth-order valence-electron chi connectivity index (χ4n) is 5.22. The van der Waals surface area contributed by atoms with E-state index in [0.29, 0.717) is 12.6 Å². The van der Waals surface area contributed by atoms with Gasteiger partial charge in [-0.25, -0.2) is 4.39 Å². The van der Waals surface area contributed by atoms with E-state index in [2.05, 4.69) is 22.6 Å². The molecule has 0 unspecified atom stereocenters. The summed E-state index contributed by atoms with van der Waals surface area (Å²) in [6.45, 7) is 0.377. The Morgan fingerprint density at radius 1 is 1.00 bits per heavy atom. The number of thioether (sulfide) groups is 1. The summed E-state index contributed by atoms with van der Waals surface area (Å²) in [4.78, 5) is 21.5. The number of carbonyl (C=O) groups excluding carboxylic acids is 1. The third kappa shape index (κ3) is 6.33. The normalized spacial score (nSPS) is 22.1. The lowest BCUT2D eigenvalue weighted by Crippen LogP contribution is -2.41. The van der Waals surface area contributed by atoms with E-state index in [1.165, 1.54) is 50.7 Å². The van der Waals surface area contributed by atoms with Crippen LogP contribution in [0.5, 0.6) is 5.75 Å². The zero-order chi connectivity index (χ0) is 24.9. The van der Waals surface area contributed by atoms with Gasteiger partial charge in [0.25, 0.3) is 5.91 Å². The first-order valence-electron chi connectivity index (χ1n) is 13.0. The predicted molar refractivity (Wildman–Crippen MR) is 153 cm³/mol. The lowest BCUT2D eigenvalue weighted by molar-refractivity contribution is -0.124. The first kappa shape index (κ1) is 25.8. The monoisotopic (exact) mass is 618 g/mol. The van der Waals surface area contributed by atoms with E-state index in [1.807, 2.05) is 29.2 Å². The molecule has 5 rings (SSSR count). The average molecular weight is 619 g/mol. The van der Waals surface area contributed by atoms with Gasteiger partial charge in [0, 0.05) is 6.04 Å². The molecule has 1 aliphatic heterocycles. The zero-order valence-corrected chi connectivity index (χ0v) is 23.4. The predicted octanol–water partition coefficient (Wildman–Crippen LogP) is 7.95. The van der Waals surface area contributed by atoms with Crippen LogP contribution in [0.4, 0.5) is 4.39 Å². The molecule has 1 heterocycles. The second-order valence-corrected chi connectivity index (χ2v) is 12.1. The molecule has 0 N–H and O–H groups in total. The van der Waals surface area contributed by atoms with Crippen LogP contribution >= 0.6 is 34.4 Å². The Hall–Kier alpha value is -1.87.